The van der Waals surface area contributed by atoms with Crippen molar-refractivity contribution in [1.82, 2.24) is 9.97 Å². The highest BCUT2D eigenvalue weighted by Crippen LogP contribution is 2.35. The molecule has 2 rings (SSSR count). The summed E-state index contributed by atoms with van der Waals surface area (Å²) >= 11 is 17.8. The first-order valence-electron chi connectivity index (χ1n) is 6.17. The molecule has 0 aliphatic heterocycles. The molecular formula is C14H14Cl3N3O. The van der Waals surface area contributed by atoms with Crippen molar-refractivity contribution in [3.63, 3.8) is 0 Å². The zero-order valence-electron chi connectivity index (χ0n) is 11.7. The van der Waals surface area contributed by atoms with Crippen LogP contribution in [0.1, 0.15) is 26.6 Å². The van der Waals surface area contributed by atoms with E-state index in [9.17, 15) is 5.11 Å². The Labute approximate surface area is 138 Å². The van der Waals surface area contributed by atoms with E-state index in [1.807, 2.05) is 20.8 Å². The van der Waals surface area contributed by atoms with Crippen LogP contribution in [0.15, 0.2) is 18.2 Å². The highest BCUT2D eigenvalue weighted by molar-refractivity contribution is 6.37. The Balaban J connectivity index is 2.38. The van der Waals surface area contributed by atoms with E-state index in [1.54, 1.807) is 18.2 Å². The number of anilines is 2. The Morgan fingerprint density at radius 2 is 1.57 bits per heavy atom. The van der Waals surface area contributed by atoms with Crippen molar-refractivity contribution in [3.8, 4) is 5.75 Å². The van der Waals surface area contributed by atoms with Gasteiger partial charge < -0.3 is 10.4 Å². The molecule has 2 N–H and O–H groups in total. The van der Waals surface area contributed by atoms with Crippen LogP contribution in [-0.2, 0) is 5.41 Å². The van der Waals surface area contributed by atoms with Crippen molar-refractivity contribution in [3.05, 3.63) is 39.2 Å². The predicted molar refractivity (Wildman–Crippen MR) is 87.2 cm³/mol. The second-order valence-corrected chi connectivity index (χ2v) is 6.76. The second-order valence-electron chi connectivity index (χ2n) is 5.56. The number of aromatic nitrogens is 2. The van der Waals surface area contributed by atoms with Crippen LogP contribution in [0, 0.1) is 0 Å². The summed E-state index contributed by atoms with van der Waals surface area (Å²) in [6, 6.07) is 4.70. The van der Waals surface area contributed by atoms with E-state index in [2.05, 4.69) is 15.3 Å². The molecule has 2 aromatic rings. The molecule has 0 atom stereocenters. The minimum Gasteiger partial charge on any atom is -0.505 e. The number of rotatable bonds is 2. The quantitative estimate of drug-likeness (QED) is 0.581. The van der Waals surface area contributed by atoms with Crippen LogP contribution in [-0.4, -0.2) is 15.1 Å². The third-order valence-corrected chi connectivity index (χ3v) is 3.42. The minimum atomic E-state index is -0.231. The number of benzene rings is 1. The molecule has 7 heteroatoms. The van der Waals surface area contributed by atoms with Gasteiger partial charge in [0.1, 0.15) is 16.8 Å². The predicted octanol–water partition coefficient (Wildman–Crippen LogP) is 5.18. The molecule has 0 amide bonds. The largest absolute Gasteiger partial charge is 0.505 e. The molecule has 0 fully saturated rings. The van der Waals surface area contributed by atoms with E-state index in [1.165, 1.54) is 0 Å². The molecule has 0 unspecified atom stereocenters. The van der Waals surface area contributed by atoms with Crippen LogP contribution in [0.3, 0.4) is 0 Å². The maximum absolute atomic E-state index is 9.55. The first-order chi connectivity index (χ1) is 9.66. The van der Waals surface area contributed by atoms with Crippen molar-refractivity contribution in [2.45, 2.75) is 26.2 Å². The van der Waals surface area contributed by atoms with Crippen LogP contribution in [0.25, 0.3) is 0 Å². The van der Waals surface area contributed by atoms with Gasteiger partial charge in [0.05, 0.1) is 10.0 Å². The van der Waals surface area contributed by atoms with E-state index in [4.69, 9.17) is 34.8 Å². The number of hydrogen-bond donors (Lipinski definition) is 2. The number of aromatic hydroxyl groups is 1. The topological polar surface area (TPSA) is 58.0 Å². The van der Waals surface area contributed by atoms with E-state index in [0.717, 1.165) is 0 Å². The Morgan fingerprint density at radius 3 is 2.10 bits per heavy atom. The lowest BCUT2D eigenvalue weighted by molar-refractivity contribution is 0.476. The van der Waals surface area contributed by atoms with Crippen LogP contribution >= 0.6 is 34.8 Å². The van der Waals surface area contributed by atoms with Crippen molar-refractivity contribution in [1.29, 1.82) is 0 Å². The summed E-state index contributed by atoms with van der Waals surface area (Å²) in [5, 5.41) is 13.3. The molecule has 0 aliphatic carbocycles. The normalized spacial score (nSPS) is 11.5. The number of phenols is 1. The number of nitrogens with zero attached hydrogens (tertiary/aromatic N) is 2. The smallest absolute Gasteiger partial charge is 0.152 e. The van der Waals surface area contributed by atoms with Crippen molar-refractivity contribution >= 4 is 46.3 Å². The monoisotopic (exact) mass is 345 g/mol. The van der Waals surface area contributed by atoms with Crippen LogP contribution in [0.5, 0.6) is 5.75 Å². The zero-order chi connectivity index (χ0) is 15.8. The molecule has 0 spiro atoms. The van der Waals surface area contributed by atoms with Crippen molar-refractivity contribution in [2.75, 3.05) is 5.32 Å². The van der Waals surface area contributed by atoms with Gasteiger partial charge in [-0.3, -0.25) is 0 Å². The molecular weight excluding hydrogens is 333 g/mol. The van der Waals surface area contributed by atoms with E-state index >= 15 is 0 Å². The molecule has 0 bridgehead atoms. The lowest BCUT2D eigenvalue weighted by atomic mass is 9.96. The van der Waals surface area contributed by atoms with Crippen LogP contribution in [0.2, 0.25) is 15.2 Å². The fourth-order valence-corrected chi connectivity index (χ4v) is 2.27. The van der Waals surface area contributed by atoms with Crippen LogP contribution in [0.4, 0.5) is 11.5 Å². The van der Waals surface area contributed by atoms with Gasteiger partial charge in [-0.15, -0.1) is 0 Å². The van der Waals surface area contributed by atoms with Crippen LogP contribution < -0.4 is 5.32 Å². The molecule has 0 radical (unpaired) electrons. The SMILES string of the molecule is CC(C)(C)c1nc(Cl)cc(Nc2cc(Cl)c(O)c(Cl)c2)n1. The number of phenolic OH excluding ortho intramolecular Hbond substituents is 1. The Hall–Kier alpha value is -1.23. The van der Waals surface area contributed by atoms with Gasteiger partial charge in [0, 0.05) is 17.2 Å². The van der Waals surface area contributed by atoms with Gasteiger partial charge in [-0.05, 0) is 12.1 Å². The molecule has 0 aliphatic rings. The molecule has 21 heavy (non-hydrogen) atoms. The van der Waals surface area contributed by atoms with Gasteiger partial charge in [0.25, 0.3) is 0 Å². The molecule has 4 nitrogen and oxygen atoms in total. The van der Waals surface area contributed by atoms with Crippen molar-refractivity contribution in [2.24, 2.45) is 0 Å². The summed E-state index contributed by atoms with van der Waals surface area (Å²) in [7, 11) is 0. The maximum Gasteiger partial charge on any atom is 0.152 e. The Bertz CT molecular complexity index is 661. The summed E-state index contributed by atoms with van der Waals surface area (Å²) in [4.78, 5) is 8.64. The highest BCUT2D eigenvalue weighted by atomic mass is 35.5. The highest BCUT2D eigenvalue weighted by Gasteiger charge is 2.19. The fraction of sp³-hybridized carbons (Fsp3) is 0.286. The van der Waals surface area contributed by atoms with Gasteiger partial charge >= 0.3 is 0 Å². The zero-order valence-corrected chi connectivity index (χ0v) is 14.0. The second kappa shape index (κ2) is 5.87. The molecule has 1 heterocycles. The third kappa shape index (κ3) is 3.90. The summed E-state index contributed by atoms with van der Waals surface area (Å²) in [5.41, 5.74) is 0.364. The standard InChI is InChI=1S/C14H14Cl3N3O/c1-14(2,3)13-19-10(17)6-11(20-13)18-7-4-8(15)12(21)9(16)5-7/h4-6,21H,1-3H3,(H,18,19,20). The average molecular weight is 347 g/mol. The van der Waals surface area contributed by atoms with E-state index in [-0.39, 0.29) is 21.2 Å². The summed E-state index contributed by atoms with van der Waals surface area (Å²) in [6.45, 7) is 5.99. The minimum absolute atomic E-state index is 0.153. The van der Waals surface area contributed by atoms with Gasteiger partial charge in [-0.1, -0.05) is 55.6 Å². The van der Waals surface area contributed by atoms with Gasteiger partial charge in [0.15, 0.2) is 5.75 Å². The fourth-order valence-electron chi connectivity index (χ4n) is 1.60. The summed E-state index contributed by atoms with van der Waals surface area (Å²) in [5.74, 6) is 0.992. The number of hydrogen-bond acceptors (Lipinski definition) is 4. The number of halogens is 3. The first kappa shape index (κ1) is 16.1. The van der Waals surface area contributed by atoms with E-state index < -0.39 is 0 Å². The first-order valence-corrected chi connectivity index (χ1v) is 7.30. The molecule has 1 aromatic heterocycles. The molecule has 112 valence electrons. The molecule has 1 aromatic carbocycles. The summed E-state index contributed by atoms with van der Waals surface area (Å²) in [6.07, 6.45) is 0. The average Bonchev–Trinajstić information content (AvgIpc) is 2.34. The maximum atomic E-state index is 9.55. The molecule has 0 saturated heterocycles. The Kier molecular flexibility index (Phi) is 4.51. The van der Waals surface area contributed by atoms with E-state index in [0.29, 0.717) is 22.5 Å². The lowest BCUT2D eigenvalue weighted by Gasteiger charge is -2.18. The molecule has 0 saturated carbocycles. The van der Waals surface area contributed by atoms with Crippen molar-refractivity contribution < 1.29 is 5.11 Å². The van der Waals surface area contributed by atoms with Gasteiger partial charge in [0.2, 0.25) is 0 Å². The summed E-state index contributed by atoms with van der Waals surface area (Å²) < 4.78 is 0. The third-order valence-electron chi connectivity index (χ3n) is 2.66. The van der Waals surface area contributed by atoms with Gasteiger partial charge in [-0.25, -0.2) is 9.97 Å². The lowest BCUT2D eigenvalue weighted by Crippen LogP contribution is -2.16. The Morgan fingerprint density at radius 1 is 1.00 bits per heavy atom. The number of nitrogens with one attached hydrogen (secondary N) is 1. The van der Waals surface area contributed by atoms with Gasteiger partial charge in [-0.2, -0.15) is 0 Å².